The number of ketones is 1. The number of piperazine rings is 1. The Bertz CT molecular complexity index is 3860. The predicted molar refractivity (Wildman–Crippen MR) is 330 cm³/mol. The zero-order chi connectivity index (χ0) is 62.5. The molecule has 4 aliphatic heterocycles. The van der Waals surface area contributed by atoms with Crippen molar-refractivity contribution in [1.29, 1.82) is 0 Å². The lowest BCUT2D eigenvalue weighted by Crippen LogP contribution is -2.52. The lowest BCUT2D eigenvalue weighted by molar-refractivity contribution is -0.137. The van der Waals surface area contributed by atoms with Crippen molar-refractivity contribution in [3.63, 3.8) is 0 Å². The predicted octanol–water partition coefficient (Wildman–Crippen LogP) is 6.11. The zero-order valence-corrected chi connectivity index (χ0v) is 50.9. The summed E-state index contributed by atoms with van der Waals surface area (Å²) in [6.45, 7) is 5.73. The molecule has 5 amide bonds. The Morgan fingerprint density at radius 2 is 1.66 bits per heavy atom. The van der Waals surface area contributed by atoms with Crippen LogP contribution in [0.1, 0.15) is 101 Å². The van der Waals surface area contributed by atoms with E-state index in [1.54, 1.807) is 41.2 Å². The monoisotopic (exact) mass is 1260 g/mol. The highest BCUT2D eigenvalue weighted by Gasteiger charge is 2.40. The number of imide groups is 1. The van der Waals surface area contributed by atoms with Crippen molar-refractivity contribution in [2.24, 2.45) is 0 Å². The molecule has 4 aliphatic rings. The smallest absolute Gasteiger partial charge is 0.355 e. The maximum atomic E-state index is 15.2. The number of thiazole rings is 2. The van der Waals surface area contributed by atoms with Gasteiger partial charge in [0.15, 0.2) is 28.2 Å². The SMILES string of the molecule is O=C1CCC(N2Cc3c(NC(=O)COCCOCCOCc4cn(CCCC(=O)N5CCN(CC#Cc6ccc(OCCCc7sc(N8CCc9cccc(C(=O)Cc%10nc%11ccccc%11s%10)c9C8)nc7C(=O)O)c(F)c6)CC5)nn4)cccc3C2=O)C(=O)N1. The van der Waals surface area contributed by atoms with E-state index in [0.717, 1.165) is 26.4 Å². The number of carbonyl (C=O) groups excluding carboxylic acids is 6. The van der Waals surface area contributed by atoms with Crippen LogP contribution in [0.25, 0.3) is 10.2 Å². The lowest BCUT2D eigenvalue weighted by atomic mass is 9.92. The summed E-state index contributed by atoms with van der Waals surface area (Å²) in [4.78, 5) is 106. The number of aryl methyl sites for hydroxylation is 2. The zero-order valence-electron chi connectivity index (χ0n) is 49.3. The van der Waals surface area contributed by atoms with Crippen molar-refractivity contribution in [3.05, 3.63) is 146 Å². The molecule has 3 N–H and O–H groups in total. The number of carbonyl (C=O) groups is 7. The minimum Gasteiger partial charge on any atom is -0.491 e. The minimum absolute atomic E-state index is 0.0131. The summed E-state index contributed by atoms with van der Waals surface area (Å²) in [5, 5.41) is 24.8. The van der Waals surface area contributed by atoms with Gasteiger partial charge in [0, 0.05) is 98.0 Å². The maximum Gasteiger partial charge on any atom is 0.355 e. The third kappa shape index (κ3) is 15.8. The van der Waals surface area contributed by atoms with Gasteiger partial charge in [0.25, 0.3) is 5.91 Å². The van der Waals surface area contributed by atoms with E-state index in [2.05, 4.69) is 47.7 Å². The van der Waals surface area contributed by atoms with Crippen LogP contribution in [0.5, 0.6) is 5.75 Å². The van der Waals surface area contributed by atoms with Crippen molar-refractivity contribution >= 4 is 85.0 Å². The molecular formula is C64H66FN11O12S2. The van der Waals surface area contributed by atoms with Gasteiger partial charge >= 0.3 is 5.97 Å². The van der Waals surface area contributed by atoms with Gasteiger partial charge in [-0.05, 0) is 85.7 Å². The van der Waals surface area contributed by atoms with Gasteiger partial charge in [0.05, 0.1) is 69.0 Å². The normalized spacial score (nSPS) is 15.8. The molecule has 23 nitrogen and oxygen atoms in total. The van der Waals surface area contributed by atoms with E-state index in [1.807, 2.05) is 52.3 Å². The number of carboxylic acid groups (broad SMARTS) is 1. The molecule has 26 heteroatoms. The second-order valence-electron chi connectivity index (χ2n) is 22.0. The Morgan fingerprint density at radius 1 is 0.833 bits per heavy atom. The van der Waals surface area contributed by atoms with E-state index in [9.17, 15) is 38.7 Å². The summed E-state index contributed by atoms with van der Waals surface area (Å²) < 4.78 is 40.5. The van der Waals surface area contributed by atoms with E-state index in [4.69, 9.17) is 18.9 Å². The molecule has 0 radical (unpaired) electrons. The van der Waals surface area contributed by atoms with Crippen LogP contribution in [-0.4, -0.2) is 171 Å². The Hall–Kier alpha value is -8.84. The lowest BCUT2D eigenvalue weighted by Gasteiger charge is -2.33. The quantitative estimate of drug-likeness (QED) is 0.0227. The van der Waals surface area contributed by atoms with Gasteiger partial charge in [-0.2, -0.15) is 0 Å². The molecular weight excluding hydrogens is 1200 g/mol. The first-order valence-electron chi connectivity index (χ1n) is 29.9. The first kappa shape index (κ1) is 62.8. The summed E-state index contributed by atoms with van der Waals surface area (Å²) in [6.07, 6.45) is 4.79. The number of nitrogens with zero attached hydrogens (tertiary/aromatic N) is 9. The number of ether oxygens (including phenoxy) is 4. The van der Waals surface area contributed by atoms with Gasteiger partial charge < -0.3 is 44.1 Å². The van der Waals surface area contributed by atoms with Gasteiger partial charge in [-0.25, -0.2) is 19.2 Å². The summed E-state index contributed by atoms with van der Waals surface area (Å²) in [5.74, 6) is 3.00. The number of Topliss-reactive ketones (excluding diaryl/α,β-unsaturated/α-hetero) is 1. The Balaban J connectivity index is 0.526. The molecule has 11 rings (SSSR count). The van der Waals surface area contributed by atoms with Gasteiger partial charge in [0.1, 0.15) is 23.4 Å². The van der Waals surface area contributed by atoms with Crippen LogP contribution in [-0.2, 0) is 78.9 Å². The highest BCUT2D eigenvalue weighted by atomic mass is 32.1. The number of fused-ring (bicyclic) bond motifs is 3. The molecule has 0 spiro atoms. The van der Waals surface area contributed by atoms with Crippen molar-refractivity contribution < 1.29 is 62.0 Å². The molecule has 0 aliphatic carbocycles. The van der Waals surface area contributed by atoms with Gasteiger partial charge in [-0.1, -0.05) is 53.5 Å². The molecule has 3 aromatic heterocycles. The standard InChI is InChI=1S/C64H66FN11O12S2/c65-48-34-41(17-19-53(48)88-29-7-15-55-60(63(83)84)69-64(90-55)74-24-21-42-9-3-10-44(46(42)37-74)52(77)35-58-67-50-12-1-2-14-54(50)89-58)8-5-22-72-25-27-73(28-26-72)59(80)16-6-23-75-36-43(70-71-75)39-86-32-30-85-31-33-87-40-57(79)66-49-13-4-11-45-47(49)38-76(62(45)82)51-18-20-56(78)68-61(51)81/h1-4,9-14,17,19,34,36,51H,6-7,15-16,18,20-33,35,37-40H2,(H,66,79)(H,83,84)(H,68,78,81). The number of rotatable bonds is 27. The molecule has 7 heterocycles. The van der Waals surface area contributed by atoms with Crippen LogP contribution in [0, 0.1) is 17.7 Å². The average Bonchev–Trinajstić information content (AvgIpc) is 1.79. The topological polar surface area (TPSA) is 270 Å². The Kier molecular flexibility index (Phi) is 20.7. The van der Waals surface area contributed by atoms with Crippen LogP contribution >= 0.6 is 22.7 Å². The molecule has 1 unspecified atom stereocenters. The number of hydrogen-bond acceptors (Lipinski definition) is 19. The summed E-state index contributed by atoms with van der Waals surface area (Å²) >= 11 is 2.83. The fourth-order valence-corrected chi connectivity index (χ4v) is 13.3. The first-order valence-corrected chi connectivity index (χ1v) is 31.5. The number of aromatic nitrogens is 5. The van der Waals surface area contributed by atoms with E-state index in [1.165, 1.54) is 33.6 Å². The molecule has 90 heavy (non-hydrogen) atoms. The number of carboxylic acids is 1. The Morgan fingerprint density at radius 3 is 2.48 bits per heavy atom. The number of aromatic carboxylic acids is 1. The molecule has 468 valence electrons. The molecule has 4 aromatic carbocycles. The van der Waals surface area contributed by atoms with Crippen LogP contribution in [0.3, 0.4) is 0 Å². The fourth-order valence-electron chi connectivity index (χ4n) is 11.2. The van der Waals surface area contributed by atoms with E-state index < -0.39 is 29.6 Å². The number of amides is 5. The van der Waals surface area contributed by atoms with Crippen LogP contribution in [0.15, 0.2) is 85.1 Å². The van der Waals surface area contributed by atoms with Gasteiger partial charge in [-0.3, -0.25) is 43.7 Å². The van der Waals surface area contributed by atoms with Crippen molar-refractivity contribution in [3.8, 4) is 17.6 Å². The van der Waals surface area contributed by atoms with E-state index >= 15 is 4.39 Å². The number of benzene rings is 4. The number of hydrogen-bond donors (Lipinski definition) is 3. The van der Waals surface area contributed by atoms with Crippen molar-refractivity contribution in [2.75, 3.05) is 89.1 Å². The van der Waals surface area contributed by atoms with Crippen LogP contribution in [0.4, 0.5) is 15.2 Å². The number of halogens is 1. The fraction of sp³-hybridized carbons (Fsp3) is 0.391. The summed E-state index contributed by atoms with van der Waals surface area (Å²) in [6, 6.07) is 22.4. The molecule has 7 aromatic rings. The van der Waals surface area contributed by atoms with E-state index in [-0.39, 0.29) is 100 Å². The third-order valence-electron chi connectivity index (χ3n) is 15.8. The highest BCUT2D eigenvalue weighted by Crippen LogP contribution is 2.35. The average molecular weight is 1260 g/mol. The summed E-state index contributed by atoms with van der Waals surface area (Å²) in [7, 11) is 0. The van der Waals surface area contributed by atoms with Gasteiger partial charge in [-0.15, -0.1) is 27.8 Å². The number of anilines is 2. The highest BCUT2D eigenvalue weighted by molar-refractivity contribution is 7.18. The van der Waals surface area contributed by atoms with Crippen LogP contribution in [0.2, 0.25) is 0 Å². The van der Waals surface area contributed by atoms with Crippen LogP contribution < -0.4 is 20.3 Å². The molecule has 1 atom stereocenters. The third-order valence-corrected chi connectivity index (χ3v) is 18.0. The second-order valence-corrected chi connectivity index (χ2v) is 24.2. The largest absolute Gasteiger partial charge is 0.491 e. The number of nitrogens with one attached hydrogen (secondary N) is 2. The first-order chi connectivity index (χ1) is 43.8. The Labute approximate surface area is 525 Å². The maximum absolute atomic E-state index is 15.2. The molecule has 2 fully saturated rings. The van der Waals surface area contributed by atoms with Crippen molar-refractivity contribution in [1.82, 2.24) is 45.0 Å². The second kappa shape index (κ2) is 29.6. The molecule has 2 saturated heterocycles. The van der Waals surface area contributed by atoms with E-state index in [0.29, 0.717) is 135 Å². The number of piperidine rings is 1. The summed E-state index contributed by atoms with van der Waals surface area (Å²) in [5.41, 5.74) is 6.09. The molecule has 0 saturated carbocycles. The minimum atomic E-state index is -1.13. The van der Waals surface area contributed by atoms with Gasteiger partial charge in [0.2, 0.25) is 23.6 Å². The molecule has 0 bridgehead atoms. The van der Waals surface area contributed by atoms with Crippen molar-refractivity contribution in [2.45, 2.75) is 83.6 Å². The number of para-hydroxylation sites is 1.